The van der Waals surface area contributed by atoms with Crippen molar-refractivity contribution in [2.24, 2.45) is 10.9 Å². The number of rotatable bonds is 14. The second kappa shape index (κ2) is 16.0. The van der Waals surface area contributed by atoms with E-state index < -0.39 is 52.9 Å². The van der Waals surface area contributed by atoms with Crippen molar-refractivity contribution >= 4 is 98.7 Å². The van der Waals surface area contributed by atoms with E-state index in [4.69, 9.17) is 23.1 Å². The number of nitrogens with two attached hydrogens (primary N) is 2. The lowest BCUT2D eigenvalue weighted by atomic mass is 10.0. The van der Waals surface area contributed by atoms with Gasteiger partial charge >= 0.3 is 5.97 Å². The molecule has 16 nitrogen and oxygen atoms in total. The number of hydrogen-bond acceptors (Lipinski definition) is 15. The number of nitrogens with one attached hydrogen (secondary N) is 3. The van der Waals surface area contributed by atoms with E-state index >= 15 is 0 Å². The molecule has 4 amide bonds. The molecular weight excluding hydrogens is 714 g/mol. The Morgan fingerprint density at radius 1 is 1.28 bits per heavy atom. The van der Waals surface area contributed by atoms with Gasteiger partial charge in [-0.05, 0) is 25.5 Å². The smallest absolute Gasteiger partial charge is 0.353 e. The number of thiazole rings is 1. The van der Waals surface area contributed by atoms with Gasteiger partial charge < -0.3 is 37.7 Å². The Labute approximate surface area is 289 Å². The topological polar surface area (TPSA) is 255 Å². The van der Waals surface area contributed by atoms with E-state index in [1.54, 1.807) is 25.4 Å². The van der Waals surface area contributed by atoms with Crippen LogP contribution in [0.5, 0.6) is 0 Å². The quantitative estimate of drug-likeness (QED) is 0.0461. The van der Waals surface area contributed by atoms with Crippen LogP contribution in [0.15, 0.2) is 39.1 Å². The maximum Gasteiger partial charge on any atom is 0.353 e. The normalized spacial score (nSPS) is 18.9. The molecule has 2 aromatic heterocycles. The van der Waals surface area contributed by atoms with E-state index in [1.807, 2.05) is 0 Å². The van der Waals surface area contributed by atoms with Crippen molar-refractivity contribution in [2.75, 3.05) is 23.8 Å². The van der Waals surface area contributed by atoms with Crippen LogP contribution in [0.25, 0.3) is 0 Å². The zero-order valence-corrected chi connectivity index (χ0v) is 28.8. The highest BCUT2D eigenvalue weighted by molar-refractivity contribution is 8.06. The van der Waals surface area contributed by atoms with Gasteiger partial charge in [0, 0.05) is 46.0 Å². The number of anilines is 1. The van der Waals surface area contributed by atoms with E-state index in [-0.39, 0.29) is 32.5 Å². The highest BCUT2D eigenvalue weighted by Gasteiger charge is 2.54. The molecule has 21 heteroatoms. The summed E-state index contributed by atoms with van der Waals surface area (Å²) in [5.74, 6) is -2.34. The maximum atomic E-state index is 13.2. The Balaban J connectivity index is 1.37. The van der Waals surface area contributed by atoms with Crippen LogP contribution >= 0.6 is 58.2 Å². The molecular formula is C26H30ClN9O7S4. The largest absolute Gasteiger partial charge is 0.477 e. The first kappa shape index (κ1) is 36.3. The van der Waals surface area contributed by atoms with E-state index in [9.17, 15) is 34.3 Å². The fraction of sp³-hybridized carbons (Fsp3) is 0.385. The van der Waals surface area contributed by atoms with Gasteiger partial charge in [0.15, 0.2) is 10.8 Å². The summed E-state index contributed by atoms with van der Waals surface area (Å²) in [6.45, 7) is 3.44. The third-order valence-electron chi connectivity index (χ3n) is 6.63. The molecule has 4 heterocycles. The molecule has 1 fully saturated rings. The number of pyridine rings is 1. The number of amides is 4. The van der Waals surface area contributed by atoms with Crippen LogP contribution < -0.4 is 27.4 Å². The Hall–Kier alpha value is -3.56. The van der Waals surface area contributed by atoms with Gasteiger partial charge in [0.1, 0.15) is 33.2 Å². The first-order valence-corrected chi connectivity index (χ1v) is 17.9. The molecule has 47 heavy (non-hydrogen) atoms. The van der Waals surface area contributed by atoms with Crippen molar-refractivity contribution in [1.29, 1.82) is 0 Å². The zero-order valence-electron chi connectivity index (χ0n) is 24.8. The van der Waals surface area contributed by atoms with Crippen LogP contribution in [0.3, 0.4) is 0 Å². The number of thioether (sulfide) groups is 3. The Morgan fingerprint density at radius 3 is 2.66 bits per heavy atom. The molecule has 2 aromatic rings. The second-order valence-corrected chi connectivity index (χ2v) is 15.0. The molecule has 2 aliphatic heterocycles. The van der Waals surface area contributed by atoms with Crippen LogP contribution in [-0.2, 0) is 29.7 Å². The van der Waals surface area contributed by atoms with Gasteiger partial charge in [-0.2, -0.15) is 11.8 Å². The fourth-order valence-electron chi connectivity index (χ4n) is 4.29. The number of aromatic nitrogens is 2. The fourth-order valence-corrected chi connectivity index (χ4v) is 8.72. The Kier molecular flexibility index (Phi) is 12.4. The van der Waals surface area contributed by atoms with Gasteiger partial charge in [-0.1, -0.05) is 39.9 Å². The average Bonchev–Trinajstić information content (AvgIpc) is 3.36. The minimum Gasteiger partial charge on any atom is -0.477 e. The summed E-state index contributed by atoms with van der Waals surface area (Å²) < 4.78 is 0.0205. The maximum absolute atomic E-state index is 13.2. The minimum absolute atomic E-state index is 0.0205. The second-order valence-electron chi connectivity index (χ2n) is 10.0. The van der Waals surface area contributed by atoms with E-state index in [2.05, 4.69) is 31.1 Å². The number of carbonyl (C=O) groups excluding carboxylic acids is 4. The SMILES string of the molecule is C[C@H](N)C(=O)N[C@@H](C)C(=O)NCCSCc1cnccc1SC1=C(C(=O)O)N2C(=O)[C@@H](NC(=O)/C(=N\O)c3nc(N)sc3Cl)[C@H]2SC1. The van der Waals surface area contributed by atoms with Gasteiger partial charge in [-0.25, -0.2) is 9.78 Å². The van der Waals surface area contributed by atoms with Crippen LogP contribution in [0, 0.1) is 0 Å². The van der Waals surface area contributed by atoms with E-state index in [1.165, 1.54) is 42.2 Å². The van der Waals surface area contributed by atoms with Crippen LogP contribution in [0.4, 0.5) is 5.13 Å². The number of aliphatic carboxylic acids is 1. The summed E-state index contributed by atoms with van der Waals surface area (Å²) in [6.07, 6.45) is 3.25. The summed E-state index contributed by atoms with van der Waals surface area (Å²) in [6, 6.07) is -0.793. The summed E-state index contributed by atoms with van der Waals surface area (Å²) in [5.41, 5.74) is 11.1. The molecule has 252 valence electrons. The third-order valence-corrected chi connectivity index (χ3v) is 11.4. The number of β-lactam (4-membered cyclic amide) rings is 1. The number of nitrogens with zero attached hydrogens (tertiary/aromatic N) is 4. The summed E-state index contributed by atoms with van der Waals surface area (Å²) in [5, 5.41) is 29.6. The number of nitrogen functional groups attached to an aromatic ring is 1. The summed E-state index contributed by atoms with van der Waals surface area (Å²) in [7, 11) is 0. The van der Waals surface area contributed by atoms with Crippen LogP contribution in [0.1, 0.15) is 25.1 Å². The Morgan fingerprint density at radius 2 is 2.02 bits per heavy atom. The zero-order chi connectivity index (χ0) is 34.4. The summed E-state index contributed by atoms with van der Waals surface area (Å²) >= 11 is 10.9. The van der Waals surface area contributed by atoms with Crippen molar-refractivity contribution in [3.8, 4) is 0 Å². The molecule has 2 aliphatic rings. The number of oxime groups is 1. The van der Waals surface area contributed by atoms with Gasteiger partial charge in [0.2, 0.25) is 11.8 Å². The van der Waals surface area contributed by atoms with Crippen LogP contribution in [-0.4, -0.2) is 102 Å². The lowest BCUT2D eigenvalue weighted by molar-refractivity contribution is -0.150. The first-order valence-electron chi connectivity index (χ1n) is 13.7. The van der Waals surface area contributed by atoms with Crippen molar-refractivity contribution in [1.82, 2.24) is 30.8 Å². The van der Waals surface area contributed by atoms with E-state index in [0.717, 1.165) is 26.7 Å². The monoisotopic (exact) mass is 743 g/mol. The van der Waals surface area contributed by atoms with Gasteiger partial charge in [-0.3, -0.25) is 29.1 Å². The number of hydrogen-bond donors (Lipinski definition) is 7. The number of carboxylic acids is 1. The third kappa shape index (κ3) is 8.49. The number of fused-ring (bicyclic) bond motifs is 1. The molecule has 0 saturated carbocycles. The molecule has 4 rings (SSSR count). The van der Waals surface area contributed by atoms with Gasteiger partial charge in [-0.15, -0.1) is 11.8 Å². The van der Waals surface area contributed by atoms with Crippen molar-refractivity contribution < 1.29 is 34.3 Å². The van der Waals surface area contributed by atoms with Gasteiger partial charge in [0.05, 0.1) is 6.04 Å². The highest BCUT2D eigenvalue weighted by atomic mass is 35.5. The molecule has 0 radical (unpaired) electrons. The average molecular weight is 744 g/mol. The van der Waals surface area contributed by atoms with Crippen molar-refractivity contribution in [3.63, 3.8) is 0 Å². The molecule has 1 saturated heterocycles. The lowest BCUT2D eigenvalue weighted by Crippen LogP contribution is -2.71. The van der Waals surface area contributed by atoms with Crippen molar-refractivity contribution in [2.45, 2.75) is 48.0 Å². The molecule has 0 aromatic carbocycles. The number of halogens is 1. The van der Waals surface area contributed by atoms with Crippen molar-refractivity contribution in [3.05, 3.63) is 44.7 Å². The molecule has 4 atom stereocenters. The number of carboxylic acid groups (broad SMARTS) is 1. The predicted octanol–water partition coefficient (Wildman–Crippen LogP) is 0.642. The highest BCUT2D eigenvalue weighted by Crippen LogP contribution is 2.46. The van der Waals surface area contributed by atoms with Gasteiger partial charge in [0.25, 0.3) is 11.8 Å². The number of carbonyl (C=O) groups is 5. The lowest BCUT2D eigenvalue weighted by Gasteiger charge is -2.49. The van der Waals surface area contributed by atoms with E-state index in [0.29, 0.717) is 23.0 Å². The minimum atomic E-state index is -1.30. The molecule has 0 spiro atoms. The summed E-state index contributed by atoms with van der Waals surface area (Å²) in [4.78, 5) is 72.8. The first-order chi connectivity index (χ1) is 22.3. The molecule has 0 aliphatic carbocycles. The standard InChI is InChI=1S/C26H30ClN9O7S4/c1-10(28)20(37)32-11(2)21(38)31-5-6-44-8-12-7-30-4-3-13(12)46-14-9-45-24-17(23(40)36(24)18(14)25(41)42)33-22(39)16(35-43)15-19(27)47-26(29)34-15/h3-4,7,10-11,17,24,43H,5-6,8-9,28H2,1-2H3,(H2,29,34)(H,31,38)(H,32,37)(H,33,39)(H,41,42)/b35-16-/t10-,11-,17+,24+/m0/s1. The Bertz CT molecular complexity index is 1640. The predicted molar refractivity (Wildman–Crippen MR) is 180 cm³/mol. The molecule has 0 unspecified atom stereocenters. The molecule has 0 bridgehead atoms. The molecule has 9 N–H and O–H groups in total. The van der Waals surface area contributed by atoms with Crippen LogP contribution in [0.2, 0.25) is 4.34 Å².